The van der Waals surface area contributed by atoms with Gasteiger partial charge in [0, 0.05) is 25.0 Å². The molecule has 0 unspecified atom stereocenters. The molecule has 0 N–H and O–H groups in total. The van der Waals surface area contributed by atoms with E-state index in [4.69, 9.17) is 9.47 Å². The number of methoxy groups -OCH3 is 2. The van der Waals surface area contributed by atoms with Crippen LogP contribution in [0.25, 0.3) is 0 Å². The molecule has 6 nitrogen and oxygen atoms in total. The first-order chi connectivity index (χ1) is 14.8. The molecule has 0 radical (unpaired) electrons. The lowest BCUT2D eigenvalue weighted by molar-refractivity contribution is -0.139. The van der Waals surface area contributed by atoms with Crippen LogP contribution in [0.1, 0.15) is 24.8 Å². The molecule has 0 saturated carbocycles. The van der Waals surface area contributed by atoms with Crippen LogP contribution in [-0.4, -0.2) is 39.2 Å². The molecule has 1 fully saturated rings. The lowest BCUT2D eigenvalue weighted by atomic mass is 10.1. The van der Waals surface area contributed by atoms with Gasteiger partial charge in [0.15, 0.2) is 0 Å². The van der Waals surface area contributed by atoms with E-state index in [2.05, 4.69) is 0 Å². The van der Waals surface area contributed by atoms with Crippen molar-refractivity contribution in [3.05, 3.63) is 59.5 Å². The van der Waals surface area contributed by atoms with Gasteiger partial charge in [-0.15, -0.1) is 0 Å². The topological polar surface area (TPSA) is 59.1 Å². The number of alkyl halides is 3. The van der Waals surface area contributed by atoms with Gasteiger partial charge in [0.1, 0.15) is 5.70 Å². The number of rotatable bonds is 4. The zero-order valence-corrected chi connectivity index (χ0v) is 17.2. The van der Waals surface area contributed by atoms with Gasteiger partial charge in [-0.1, -0.05) is 6.08 Å². The molecule has 2 heterocycles. The number of hydrogen-bond acceptors (Lipinski definition) is 6. The van der Waals surface area contributed by atoms with Crippen molar-refractivity contribution in [2.45, 2.75) is 25.4 Å². The van der Waals surface area contributed by atoms with Crippen molar-refractivity contribution in [3.8, 4) is 0 Å². The van der Waals surface area contributed by atoms with Crippen molar-refractivity contribution in [1.29, 1.82) is 0 Å². The zero-order chi connectivity index (χ0) is 22.6. The fraction of sp³-hybridized carbons (Fsp3) is 0.364. The Morgan fingerprint density at radius 3 is 2.26 bits per heavy atom. The maximum absolute atomic E-state index is 14.1. The molecular formula is C22H23F3N2O4. The third-order valence-electron chi connectivity index (χ3n) is 5.16. The average Bonchev–Trinajstić information content (AvgIpc) is 3.00. The van der Waals surface area contributed by atoms with Crippen LogP contribution in [-0.2, 0) is 25.2 Å². The second-order valence-electron chi connectivity index (χ2n) is 7.06. The molecule has 166 valence electrons. The number of hydrogen-bond donors (Lipinski definition) is 0. The summed E-state index contributed by atoms with van der Waals surface area (Å²) in [6.07, 6.45) is 3.63. The Balaban J connectivity index is 2.18. The summed E-state index contributed by atoms with van der Waals surface area (Å²) in [6, 6.07) is 3.98. The van der Waals surface area contributed by atoms with Crippen LogP contribution in [0.15, 0.2) is 53.9 Å². The van der Waals surface area contributed by atoms with E-state index in [0.29, 0.717) is 18.8 Å². The molecule has 0 spiro atoms. The van der Waals surface area contributed by atoms with Crippen molar-refractivity contribution in [1.82, 2.24) is 0 Å². The highest BCUT2D eigenvalue weighted by Gasteiger charge is 2.38. The molecule has 0 atom stereocenters. The molecular weight excluding hydrogens is 413 g/mol. The summed E-state index contributed by atoms with van der Waals surface area (Å²) < 4.78 is 51.7. The van der Waals surface area contributed by atoms with Gasteiger partial charge >= 0.3 is 18.1 Å². The van der Waals surface area contributed by atoms with Gasteiger partial charge in [0.2, 0.25) is 0 Å². The predicted molar refractivity (Wildman–Crippen MR) is 109 cm³/mol. The first-order valence-electron chi connectivity index (χ1n) is 9.79. The highest BCUT2D eigenvalue weighted by molar-refractivity contribution is 6.05. The van der Waals surface area contributed by atoms with E-state index in [1.54, 1.807) is 6.07 Å². The molecule has 2 aliphatic rings. The number of benzene rings is 1. The summed E-state index contributed by atoms with van der Waals surface area (Å²) in [4.78, 5) is 27.7. The number of halogens is 3. The van der Waals surface area contributed by atoms with Crippen LogP contribution >= 0.6 is 0 Å². The molecule has 31 heavy (non-hydrogen) atoms. The summed E-state index contributed by atoms with van der Waals surface area (Å²) >= 11 is 0. The van der Waals surface area contributed by atoms with E-state index >= 15 is 0 Å². The van der Waals surface area contributed by atoms with Crippen LogP contribution in [0, 0.1) is 0 Å². The smallest absolute Gasteiger partial charge is 0.418 e. The van der Waals surface area contributed by atoms with Crippen LogP contribution in [0.5, 0.6) is 0 Å². The van der Waals surface area contributed by atoms with E-state index in [-0.39, 0.29) is 17.0 Å². The Bertz CT molecular complexity index is 945. The highest BCUT2D eigenvalue weighted by atomic mass is 19.4. The number of carbonyl (C=O) groups is 2. The minimum Gasteiger partial charge on any atom is -0.465 e. The summed E-state index contributed by atoms with van der Waals surface area (Å²) in [5.74, 6) is -1.84. The minimum absolute atomic E-state index is 0.215. The van der Waals surface area contributed by atoms with E-state index in [1.165, 1.54) is 30.5 Å². The van der Waals surface area contributed by atoms with Crippen LogP contribution in [0.4, 0.5) is 24.5 Å². The summed E-state index contributed by atoms with van der Waals surface area (Å²) in [6.45, 7) is 1.37. The first-order valence-corrected chi connectivity index (χ1v) is 9.79. The standard InChI is InChI=1S/C22H23F3N2O4/c1-30-20(28)16-8-4-7-13-27(19(16)21(29)31-2)18-10-9-15(14-17(18)22(23,24)25)26-11-5-3-6-12-26/h4,7-10,13-14H,3,5-6,11-12H2,1-2H3. The Kier molecular flexibility index (Phi) is 6.72. The monoisotopic (exact) mass is 436 g/mol. The third kappa shape index (κ3) is 4.76. The summed E-state index contributed by atoms with van der Waals surface area (Å²) in [5, 5.41) is 0. The zero-order valence-electron chi connectivity index (χ0n) is 17.2. The number of carbonyl (C=O) groups excluding carboxylic acids is 2. The molecule has 1 saturated heterocycles. The molecule has 0 amide bonds. The molecule has 1 aromatic rings. The third-order valence-corrected chi connectivity index (χ3v) is 5.16. The molecule has 0 aliphatic carbocycles. The normalized spacial score (nSPS) is 16.9. The second-order valence-corrected chi connectivity index (χ2v) is 7.06. The average molecular weight is 436 g/mol. The maximum atomic E-state index is 14.1. The van der Waals surface area contributed by atoms with E-state index < -0.39 is 23.7 Å². The fourth-order valence-electron chi connectivity index (χ4n) is 3.66. The molecule has 2 aliphatic heterocycles. The number of nitrogens with zero attached hydrogens (tertiary/aromatic N) is 2. The van der Waals surface area contributed by atoms with Gasteiger partial charge in [0.05, 0.1) is 31.0 Å². The lowest BCUT2D eigenvalue weighted by Gasteiger charge is -2.31. The largest absolute Gasteiger partial charge is 0.465 e. The van der Waals surface area contributed by atoms with Gasteiger partial charge in [0.25, 0.3) is 0 Å². The Labute approximate surface area is 178 Å². The molecule has 0 aromatic heterocycles. The molecule has 1 aromatic carbocycles. The van der Waals surface area contributed by atoms with E-state index in [9.17, 15) is 22.8 Å². The van der Waals surface area contributed by atoms with Crippen LogP contribution < -0.4 is 9.80 Å². The Hall–Kier alpha value is -3.23. The van der Waals surface area contributed by atoms with Crippen molar-refractivity contribution in [2.24, 2.45) is 0 Å². The van der Waals surface area contributed by atoms with Gasteiger partial charge in [-0.2, -0.15) is 13.2 Å². The summed E-state index contributed by atoms with van der Waals surface area (Å²) in [7, 11) is 2.21. The van der Waals surface area contributed by atoms with Gasteiger partial charge in [-0.25, -0.2) is 9.59 Å². The molecule has 3 rings (SSSR count). The van der Waals surface area contributed by atoms with Gasteiger partial charge in [-0.3, -0.25) is 0 Å². The molecule has 9 heteroatoms. The number of piperidine rings is 1. The van der Waals surface area contributed by atoms with Gasteiger partial charge < -0.3 is 19.3 Å². The lowest BCUT2D eigenvalue weighted by Crippen LogP contribution is -2.31. The fourth-order valence-corrected chi connectivity index (χ4v) is 3.66. The van der Waals surface area contributed by atoms with E-state index in [1.807, 2.05) is 4.90 Å². The first kappa shape index (κ1) is 22.5. The number of anilines is 2. The van der Waals surface area contributed by atoms with Crippen molar-refractivity contribution in [3.63, 3.8) is 0 Å². The van der Waals surface area contributed by atoms with Crippen molar-refractivity contribution in [2.75, 3.05) is 37.1 Å². The quantitative estimate of drug-likeness (QED) is 0.660. The van der Waals surface area contributed by atoms with Crippen molar-refractivity contribution < 1.29 is 32.2 Å². The van der Waals surface area contributed by atoms with Crippen LogP contribution in [0.3, 0.4) is 0 Å². The second kappa shape index (κ2) is 9.28. The molecule has 0 bridgehead atoms. The highest BCUT2D eigenvalue weighted by Crippen LogP contribution is 2.41. The van der Waals surface area contributed by atoms with Crippen molar-refractivity contribution >= 4 is 23.3 Å². The SMILES string of the molecule is COC(=O)C1=C(C(=O)OC)N(c2ccc(N3CCCCC3)cc2C(F)(F)F)C=CC=C1. The minimum atomic E-state index is -4.69. The Morgan fingerprint density at radius 1 is 0.968 bits per heavy atom. The predicted octanol–water partition coefficient (Wildman–Crippen LogP) is 4.19. The van der Waals surface area contributed by atoms with Gasteiger partial charge in [-0.05, 0) is 49.6 Å². The summed E-state index contributed by atoms with van der Waals surface area (Å²) in [5.41, 5.74) is -1.34. The maximum Gasteiger partial charge on any atom is 0.418 e. The Morgan fingerprint density at radius 2 is 1.65 bits per heavy atom. The van der Waals surface area contributed by atoms with E-state index in [0.717, 1.165) is 44.4 Å². The number of ether oxygens (including phenoxy) is 2. The number of esters is 2. The van der Waals surface area contributed by atoms with Crippen LogP contribution in [0.2, 0.25) is 0 Å². The number of allylic oxidation sites excluding steroid dienone is 2.